The van der Waals surface area contributed by atoms with Gasteiger partial charge in [-0.05, 0) is 36.0 Å². The molecule has 0 heterocycles. The van der Waals surface area contributed by atoms with Crippen LogP contribution in [-0.2, 0) is 32.5 Å². The molecule has 0 aliphatic rings. The Morgan fingerprint density at radius 2 is 1.12 bits per heavy atom. The van der Waals surface area contributed by atoms with Crippen LogP contribution in [0.4, 0.5) is 0 Å². The van der Waals surface area contributed by atoms with E-state index in [1.54, 1.807) is 6.07 Å². The first kappa shape index (κ1) is 26.0. The molecule has 26 heavy (non-hydrogen) atoms. The molecule has 0 aromatic heterocycles. The van der Waals surface area contributed by atoms with Gasteiger partial charge in [0, 0.05) is 0 Å². The molecule has 3 aromatic carbocycles. The van der Waals surface area contributed by atoms with Gasteiger partial charge in [0.2, 0.25) is 0 Å². The Morgan fingerprint density at radius 3 is 1.54 bits per heavy atom. The van der Waals surface area contributed by atoms with Crippen molar-refractivity contribution in [1.82, 2.24) is 0 Å². The molecule has 3 aromatic rings. The Hall–Kier alpha value is 0.0303. The summed E-state index contributed by atoms with van der Waals surface area (Å²) >= 11 is 0. The molecule has 0 bridgehead atoms. The first-order valence-electron chi connectivity index (χ1n) is 7.02. The van der Waals surface area contributed by atoms with E-state index in [9.17, 15) is 13.0 Å². The fourth-order valence-corrected chi connectivity index (χ4v) is 5.32. The van der Waals surface area contributed by atoms with Gasteiger partial charge in [-0.3, -0.25) is 0 Å². The van der Waals surface area contributed by atoms with Crippen molar-refractivity contribution >= 4 is 34.0 Å². The van der Waals surface area contributed by atoms with E-state index in [1.165, 1.54) is 12.1 Å². The minimum Gasteiger partial charge on any atom is -1.00 e. The molecule has 8 heteroatoms. The molecule has 0 spiro atoms. The van der Waals surface area contributed by atoms with Crippen molar-refractivity contribution < 1.29 is 77.3 Å². The van der Waals surface area contributed by atoms with Crippen LogP contribution in [0.1, 0.15) is 0 Å². The summed E-state index contributed by atoms with van der Waals surface area (Å²) in [5, 5.41) is 3.05. The number of hydrogen-bond acceptors (Lipinski definition) is 3. The summed E-state index contributed by atoms with van der Waals surface area (Å²) in [6, 6.07) is 26.2. The van der Waals surface area contributed by atoms with E-state index in [0.717, 1.165) is 15.9 Å². The normalized spacial score (nSPS) is 10.2. The minimum absolute atomic E-state index is 0. The van der Waals surface area contributed by atoms with Gasteiger partial charge in [0.15, 0.2) is 0 Å². The van der Waals surface area contributed by atoms with Crippen molar-refractivity contribution in [3.05, 3.63) is 84.9 Å². The number of rotatable bonds is 4. The van der Waals surface area contributed by atoms with Gasteiger partial charge < -0.3 is 17.0 Å². The van der Waals surface area contributed by atoms with Gasteiger partial charge in [0.1, 0.15) is 10.1 Å². The summed E-state index contributed by atoms with van der Waals surface area (Å²) in [6.07, 6.45) is 0. The smallest absolute Gasteiger partial charge is 1.00 e. The third-order valence-electron chi connectivity index (χ3n) is 3.39. The average Bonchev–Trinajstić information content (AvgIpc) is 2.57. The second-order valence-electron chi connectivity index (χ2n) is 4.96. The summed E-state index contributed by atoms with van der Waals surface area (Å²) in [7, 11) is -5.38. The summed E-state index contributed by atoms with van der Waals surface area (Å²) in [5.74, 6) is 0. The summed E-state index contributed by atoms with van der Waals surface area (Å²) in [6.45, 7) is 0. The van der Waals surface area contributed by atoms with Crippen LogP contribution in [0.15, 0.2) is 89.8 Å². The van der Waals surface area contributed by atoms with Crippen molar-refractivity contribution in [2.75, 3.05) is 0 Å². The Balaban J connectivity index is 0.00000208. The average molecular weight is 597 g/mol. The molecule has 0 aliphatic carbocycles. The number of halogens is 1. The largest absolute Gasteiger partial charge is 1.00 e. The van der Waals surface area contributed by atoms with E-state index in [4.69, 9.17) is 0 Å². The molecule has 3 rings (SSSR count). The van der Waals surface area contributed by atoms with Crippen molar-refractivity contribution in [2.45, 2.75) is 4.90 Å². The van der Waals surface area contributed by atoms with Gasteiger partial charge >= 0.3 is 51.9 Å². The van der Waals surface area contributed by atoms with E-state index >= 15 is 0 Å². The van der Waals surface area contributed by atoms with Crippen molar-refractivity contribution in [3.8, 4) is 0 Å². The molecule has 0 fully saturated rings. The Labute approximate surface area is 199 Å². The van der Waals surface area contributed by atoms with Crippen LogP contribution in [0.2, 0.25) is 0 Å². The van der Waals surface area contributed by atoms with Crippen LogP contribution < -0.4 is 57.9 Å². The van der Waals surface area contributed by atoms with E-state index in [-0.39, 0.29) is 69.2 Å². The molecular weight excluding hydrogens is 583 g/mol. The van der Waals surface area contributed by atoms with Crippen molar-refractivity contribution in [1.29, 1.82) is 0 Å². The molecular formula is C18H14AuClNaO3PS. The monoisotopic (exact) mass is 596 g/mol. The second kappa shape index (κ2) is 11.8. The maximum atomic E-state index is 11.3. The fourth-order valence-electron chi connectivity index (χ4n) is 2.38. The Morgan fingerprint density at radius 1 is 0.692 bits per heavy atom. The fraction of sp³-hybridized carbons (Fsp3) is 0. The molecule has 0 unspecified atom stereocenters. The number of benzene rings is 3. The molecule has 0 radical (unpaired) electrons. The SMILES string of the molecule is O=S(=O)([O-])c1cccc(P(c2ccccc2)c2ccccc2)c1.[Au+].[Cl-].[Na+]. The molecule has 3 nitrogen and oxygen atoms in total. The maximum Gasteiger partial charge on any atom is 1.00 e. The summed E-state index contributed by atoms with van der Waals surface area (Å²) < 4.78 is 34.0. The third-order valence-corrected chi connectivity index (χ3v) is 6.65. The number of hydrogen-bond donors (Lipinski definition) is 0. The van der Waals surface area contributed by atoms with Gasteiger partial charge in [-0.1, -0.05) is 72.8 Å². The van der Waals surface area contributed by atoms with Crippen molar-refractivity contribution in [3.63, 3.8) is 0 Å². The molecule has 0 aliphatic heterocycles. The third kappa shape index (κ3) is 6.57. The van der Waals surface area contributed by atoms with Crippen LogP contribution in [0.25, 0.3) is 0 Å². The Kier molecular flexibility index (Phi) is 11.8. The molecule has 0 atom stereocenters. The van der Waals surface area contributed by atoms with Gasteiger partial charge in [0.25, 0.3) is 0 Å². The van der Waals surface area contributed by atoms with Crippen LogP contribution in [-0.4, -0.2) is 13.0 Å². The van der Waals surface area contributed by atoms with Gasteiger partial charge in [-0.2, -0.15) is 0 Å². The molecule has 0 amide bonds. The van der Waals surface area contributed by atoms with E-state index in [0.29, 0.717) is 0 Å². The van der Waals surface area contributed by atoms with E-state index < -0.39 is 18.0 Å². The minimum atomic E-state index is -4.46. The zero-order valence-corrected chi connectivity index (χ0v) is 20.5. The molecule has 134 valence electrons. The van der Waals surface area contributed by atoms with Gasteiger partial charge in [-0.25, -0.2) is 8.42 Å². The molecule has 0 saturated carbocycles. The van der Waals surface area contributed by atoms with Crippen LogP contribution in [0.5, 0.6) is 0 Å². The van der Waals surface area contributed by atoms with Crippen LogP contribution in [0.3, 0.4) is 0 Å². The first-order valence-corrected chi connectivity index (χ1v) is 9.77. The zero-order chi connectivity index (χ0) is 16.3. The topological polar surface area (TPSA) is 57.2 Å². The van der Waals surface area contributed by atoms with E-state index in [2.05, 4.69) is 0 Å². The molecule has 0 saturated heterocycles. The quantitative estimate of drug-likeness (QED) is 0.178. The Bertz CT molecular complexity index is 872. The predicted octanol–water partition coefficient (Wildman–Crippen LogP) is -3.65. The van der Waals surface area contributed by atoms with Gasteiger partial charge in [0.05, 0.1) is 4.90 Å². The van der Waals surface area contributed by atoms with Crippen LogP contribution in [0, 0.1) is 0 Å². The predicted molar refractivity (Wildman–Crippen MR) is 93.1 cm³/mol. The standard InChI is InChI=1S/C18H15O3PS.Au.ClH.Na/c19-23(20,21)18-13-7-12-17(14-18)22(15-8-3-1-4-9-15)16-10-5-2-6-11-16;;;/h1-14H,(H,19,20,21);;1H;/q;+1;;+1/p-2. The summed E-state index contributed by atoms with van der Waals surface area (Å²) in [5.41, 5.74) is 0. The second-order valence-corrected chi connectivity index (χ2v) is 8.56. The van der Waals surface area contributed by atoms with Crippen molar-refractivity contribution in [2.24, 2.45) is 0 Å². The maximum absolute atomic E-state index is 11.3. The van der Waals surface area contributed by atoms with Gasteiger partial charge in [-0.15, -0.1) is 0 Å². The van der Waals surface area contributed by atoms with E-state index in [1.807, 2.05) is 66.7 Å². The first-order chi connectivity index (χ1) is 11.1. The molecule has 0 N–H and O–H groups in total. The van der Waals surface area contributed by atoms with Crippen LogP contribution >= 0.6 is 7.92 Å². The zero-order valence-electron chi connectivity index (χ0n) is 13.8. The summed E-state index contributed by atoms with van der Waals surface area (Å²) in [4.78, 5) is -0.186.